The summed E-state index contributed by atoms with van der Waals surface area (Å²) < 4.78 is 5.48. The van der Waals surface area contributed by atoms with E-state index < -0.39 is 5.91 Å². The number of nitrogens with one attached hydrogen (secondary N) is 1. The van der Waals surface area contributed by atoms with E-state index in [1.165, 1.54) is 6.20 Å². The number of carbonyl (C=O) groups excluding carboxylic acids is 1. The van der Waals surface area contributed by atoms with Crippen LogP contribution in [0.5, 0.6) is 5.75 Å². The van der Waals surface area contributed by atoms with Gasteiger partial charge in [0.1, 0.15) is 17.1 Å². The van der Waals surface area contributed by atoms with Crippen LogP contribution in [-0.2, 0) is 13.1 Å². The van der Waals surface area contributed by atoms with Crippen molar-refractivity contribution in [3.8, 4) is 5.75 Å². The number of aromatic nitrogens is 2. The molecule has 0 saturated carbocycles. The third-order valence-electron chi connectivity index (χ3n) is 5.13. The van der Waals surface area contributed by atoms with Gasteiger partial charge in [0.05, 0.1) is 7.11 Å². The highest BCUT2D eigenvalue weighted by Crippen LogP contribution is 2.34. The Morgan fingerprint density at radius 2 is 1.93 bits per heavy atom. The Morgan fingerprint density at radius 1 is 1.17 bits per heavy atom. The first-order chi connectivity index (χ1) is 14.5. The quantitative estimate of drug-likeness (QED) is 0.652. The van der Waals surface area contributed by atoms with Crippen molar-refractivity contribution < 1.29 is 9.53 Å². The van der Waals surface area contributed by atoms with Gasteiger partial charge >= 0.3 is 0 Å². The van der Waals surface area contributed by atoms with Crippen molar-refractivity contribution in [3.63, 3.8) is 0 Å². The molecule has 0 aliphatic carbocycles. The molecule has 0 unspecified atom stereocenters. The van der Waals surface area contributed by atoms with Crippen molar-refractivity contribution >= 4 is 29.0 Å². The van der Waals surface area contributed by atoms with Gasteiger partial charge in [-0.3, -0.25) is 4.79 Å². The van der Waals surface area contributed by atoms with Gasteiger partial charge in [-0.15, -0.1) is 0 Å². The highest BCUT2D eigenvalue weighted by molar-refractivity contribution is 5.97. The Balaban J connectivity index is 1.63. The predicted octanol–water partition coefficient (Wildman–Crippen LogP) is 2.91. The number of benzene rings is 2. The van der Waals surface area contributed by atoms with E-state index in [2.05, 4.69) is 21.4 Å². The van der Waals surface area contributed by atoms with Gasteiger partial charge in [0, 0.05) is 50.3 Å². The predicted molar refractivity (Wildman–Crippen MR) is 117 cm³/mol. The molecule has 1 aliphatic rings. The maximum atomic E-state index is 12.0. The van der Waals surface area contributed by atoms with Crippen molar-refractivity contribution in [2.75, 3.05) is 36.3 Å². The van der Waals surface area contributed by atoms with Crippen LogP contribution in [0.4, 0.5) is 23.1 Å². The summed E-state index contributed by atoms with van der Waals surface area (Å²) in [5.74, 6) is 1.16. The summed E-state index contributed by atoms with van der Waals surface area (Å²) in [5, 5.41) is 3.20. The van der Waals surface area contributed by atoms with Crippen LogP contribution in [0.1, 0.15) is 21.5 Å². The summed E-state index contributed by atoms with van der Waals surface area (Å²) in [6.45, 7) is 1.19. The van der Waals surface area contributed by atoms with E-state index in [-0.39, 0.29) is 5.56 Å². The van der Waals surface area contributed by atoms with Gasteiger partial charge < -0.3 is 25.6 Å². The molecule has 0 atom stereocenters. The molecule has 8 heteroatoms. The molecule has 154 valence electrons. The molecule has 0 bridgehead atoms. The third kappa shape index (κ3) is 3.71. The Bertz CT molecular complexity index is 1080. The van der Waals surface area contributed by atoms with E-state index in [4.69, 9.17) is 10.5 Å². The number of amides is 1. The number of fused-ring (bicyclic) bond motifs is 1. The summed E-state index contributed by atoms with van der Waals surface area (Å²) in [5.41, 5.74) is 10.0. The molecular weight excluding hydrogens is 380 g/mol. The second kappa shape index (κ2) is 7.90. The molecule has 2 aromatic carbocycles. The molecule has 0 spiro atoms. The number of carbonyl (C=O) groups is 1. The Kier molecular flexibility index (Phi) is 5.14. The van der Waals surface area contributed by atoms with Crippen molar-refractivity contribution in [3.05, 3.63) is 65.4 Å². The molecule has 1 aromatic heterocycles. The minimum absolute atomic E-state index is 0.287. The fraction of sp³-hybridized carbons (Fsp3) is 0.227. The van der Waals surface area contributed by atoms with Crippen LogP contribution in [0.3, 0.4) is 0 Å². The molecule has 30 heavy (non-hydrogen) atoms. The van der Waals surface area contributed by atoms with Gasteiger partial charge in [0.25, 0.3) is 5.91 Å². The number of nitrogens with two attached hydrogens (primary N) is 1. The SMILES string of the molecule is COc1cccc2c1CN(c1nc(Nc3ccc(N(C)C)cc3)ncc1C(N)=O)C2. The summed E-state index contributed by atoms with van der Waals surface area (Å²) in [6.07, 6.45) is 1.47. The Hall–Kier alpha value is -3.81. The van der Waals surface area contributed by atoms with E-state index in [1.807, 2.05) is 60.3 Å². The Morgan fingerprint density at radius 3 is 2.60 bits per heavy atom. The summed E-state index contributed by atoms with van der Waals surface area (Å²) >= 11 is 0. The second-order valence-corrected chi connectivity index (χ2v) is 7.32. The maximum Gasteiger partial charge on any atom is 0.254 e. The average Bonchev–Trinajstić information content (AvgIpc) is 3.18. The fourth-order valence-electron chi connectivity index (χ4n) is 3.55. The number of hydrogen-bond acceptors (Lipinski definition) is 7. The highest BCUT2D eigenvalue weighted by atomic mass is 16.5. The second-order valence-electron chi connectivity index (χ2n) is 7.32. The summed E-state index contributed by atoms with van der Waals surface area (Å²) in [7, 11) is 5.63. The van der Waals surface area contributed by atoms with E-state index in [0.29, 0.717) is 24.9 Å². The molecule has 8 nitrogen and oxygen atoms in total. The molecular formula is C22H24N6O2. The monoisotopic (exact) mass is 404 g/mol. The smallest absolute Gasteiger partial charge is 0.254 e. The van der Waals surface area contributed by atoms with Crippen molar-refractivity contribution in [2.24, 2.45) is 5.73 Å². The first-order valence-corrected chi connectivity index (χ1v) is 9.57. The Labute approximate surface area is 175 Å². The molecule has 0 radical (unpaired) electrons. The standard InChI is InChI=1S/C22H24N6O2/c1-27(2)16-9-7-15(8-10-16)25-22-24-11-17(20(23)29)21(26-22)28-12-14-5-4-6-19(30-3)18(14)13-28/h4-11H,12-13H2,1-3H3,(H2,23,29)(H,24,25,26). The zero-order chi connectivity index (χ0) is 21.3. The molecule has 3 aromatic rings. The lowest BCUT2D eigenvalue weighted by molar-refractivity contribution is 0.1000. The molecule has 0 fully saturated rings. The van der Waals surface area contributed by atoms with Crippen LogP contribution >= 0.6 is 0 Å². The number of anilines is 4. The third-order valence-corrected chi connectivity index (χ3v) is 5.13. The van der Waals surface area contributed by atoms with Crippen LogP contribution in [0.25, 0.3) is 0 Å². The van der Waals surface area contributed by atoms with Crippen LogP contribution in [0.15, 0.2) is 48.7 Å². The summed E-state index contributed by atoms with van der Waals surface area (Å²) in [6, 6.07) is 13.9. The first kappa shape index (κ1) is 19.5. The normalized spacial score (nSPS) is 12.4. The topological polar surface area (TPSA) is 96.6 Å². The van der Waals surface area contributed by atoms with Gasteiger partial charge in [-0.05, 0) is 35.9 Å². The number of methoxy groups -OCH3 is 1. The number of primary amides is 1. The van der Waals surface area contributed by atoms with Crippen LogP contribution in [0.2, 0.25) is 0 Å². The van der Waals surface area contributed by atoms with Crippen LogP contribution in [0, 0.1) is 0 Å². The van der Waals surface area contributed by atoms with Crippen molar-refractivity contribution in [1.82, 2.24) is 9.97 Å². The highest BCUT2D eigenvalue weighted by Gasteiger charge is 2.27. The molecule has 1 amide bonds. The lowest BCUT2D eigenvalue weighted by Crippen LogP contribution is -2.23. The molecule has 4 rings (SSSR count). The minimum atomic E-state index is -0.560. The van der Waals surface area contributed by atoms with E-state index >= 15 is 0 Å². The zero-order valence-corrected chi connectivity index (χ0v) is 17.2. The number of ether oxygens (including phenoxy) is 1. The number of nitrogens with zero attached hydrogens (tertiary/aromatic N) is 4. The van der Waals surface area contributed by atoms with E-state index in [0.717, 1.165) is 28.3 Å². The van der Waals surface area contributed by atoms with E-state index in [1.54, 1.807) is 7.11 Å². The van der Waals surface area contributed by atoms with E-state index in [9.17, 15) is 4.79 Å². The minimum Gasteiger partial charge on any atom is -0.496 e. The van der Waals surface area contributed by atoms with Crippen molar-refractivity contribution in [1.29, 1.82) is 0 Å². The number of rotatable bonds is 6. The average molecular weight is 404 g/mol. The van der Waals surface area contributed by atoms with Crippen molar-refractivity contribution in [2.45, 2.75) is 13.1 Å². The maximum absolute atomic E-state index is 12.0. The fourth-order valence-corrected chi connectivity index (χ4v) is 3.55. The molecule has 0 saturated heterocycles. The molecule has 3 N–H and O–H groups in total. The van der Waals surface area contributed by atoms with Crippen LogP contribution < -0.4 is 25.6 Å². The molecule has 1 aliphatic heterocycles. The van der Waals surface area contributed by atoms with Gasteiger partial charge in [-0.25, -0.2) is 4.98 Å². The number of hydrogen-bond donors (Lipinski definition) is 2. The van der Waals surface area contributed by atoms with Gasteiger partial charge in [-0.1, -0.05) is 12.1 Å². The largest absolute Gasteiger partial charge is 0.496 e. The van der Waals surface area contributed by atoms with Gasteiger partial charge in [0.15, 0.2) is 0 Å². The molecule has 2 heterocycles. The van der Waals surface area contributed by atoms with Gasteiger partial charge in [0.2, 0.25) is 5.95 Å². The zero-order valence-electron chi connectivity index (χ0n) is 17.2. The summed E-state index contributed by atoms with van der Waals surface area (Å²) in [4.78, 5) is 24.9. The van der Waals surface area contributed by atoms with Crippen LogP contribution in [-0.4, -0.2) is 37.1 Å². The lowest BCUT2D eigenvalue weighted by atomic mass is 10.1. The lowest BCUT2D eigenvalue weighted by Gasteiger charge is -2.20. The first-order valence-electron chi connectivity index (χ1n) is 9.57. The van der Waals surface area contributed by atoms with Gasteiger partial charge in [-0.2, -0.15) is 4.98 Å².